The van der Waals surface area contributed by atoms with Gasteiger partial charge in [-0.25, -0.2) is 0 Å². The second-order valence-corrected chi connectivity index (χ2v) is 4.33. The van der Waals surface area contributed by atoms with E-state index in [9.17, 15) is 4.79 Å². The van der Waals surface area contributed by atoms with Crippen LogP contribution in [0.15, 0.2) is 18.3 Å². The summed E-state index contributed by atoms with van der Waals surface area (Å²) in [5.41, 5.74) is 1.27. The smallest absolute Gasteiger partial charge is 0.255 e. The average molecular weight is 284 g/mol. The molecule has 0 fully saturated rings. The van der Waals surface area contributed by atoms with Gasteiger partial charge in [0.25, 0.3) is 5.91 Å². The van der Waals surface area contributed by atoms with Crippen LogP contribution < -0.4 is 5.32 Å². The predicted octanol–water partition coefficient (Wildman–Crippen LogP) is 1.82. The zero-order chi connectivity index (χ0) is 13.8. The van der Waals surface area contributed by atoms with E-state index in [-0.39, 0.29) is 12.5 Å². The molecule has 19 heavy (non-hydrogen) atoms. The van der Waals surface area contributed by atoms with Crippen molar-refractivity contribution in [2.45, 2.75) is 6.10 Å². The maximum Gasteiger partial charge on any atom is 0.255 e. The van der Waals surface area contributed by atoms with Crippen LogP contribution in [0.2, 0.25) is 5.02 Å². The molecule has 0 bridgehead atoms. The average Bonchev–Trinajstić information content (AvgIpc) is 2.89. The monoisotopic (exact) mass is 283 g/mol. The fourth-order valence-electron chi connectivity index (χ4n) is 1.72. The Morgan fingerprint density at radius 1 is 1.53 bits per heavy atom. The molecule has 0 saturated heterocycles. The summed E-state index contributed by atoms with van der Waals surface area (Å²) in [5.74, 6) is -0.289. The third kappa shape index (κ3) is 2.86. The van der Waals surface area contributed by atoms with Gasteiger partial charge in [0.15, 0.2) is 6.10 Å². The van der Waals surface area contributed by atoms with Gasteiger partial charge in [-0.15, -0.1) is 0 Å². The molecule has 102 valence electrons. The summed E-state index contributed by atoms with van der Waals surface area (Å²) in [5, 5.41) is 10.8. The molecule has 0 spiro atoms. The summed E-state index contributed by atoms with van der Waals surface area (Å²) in [6.07, 6.45) is 0.940. The lowest BCUT2D eigenvalue weighted by Gasteiger charge is -2.14. The van der Waals surface area contributed by atoms with Crippen molar-refractivity contribution in [1.29, 1.82) is 0 Å². The lowest BCUT2D eigenvalue weighted by molar-refractivity contribution is -0.128. The first kappa shape index (κ1) is 13.8. The number of rotatable bonds is 5. The molecule has 2 aromatic rings. The topological polar surface area (TPSA) is 76.2 Å². The first-order valence-electron chi connectivity index (χ1n) is 5.61. The Morgan fingerprint density at radius 3 is 3.00 bits per heavy atom. The molecular weight excluding hydrogens is 270 g/mol. The van der Waals surface area contributed by atoms with Gasteiger partial charge < -0.3 is 14.8 Å². The molecule has 1 aromatic heterocycles. The number of fused-ring (bicyclic) bond motifs is 1. The summed E-state index contributed by atoms with van der Waals surface area (Å²) in [7, 11) is 2.96. The molecular formula is C12H14ClN3O3. The fourth-order valence-corrected chi connectivity index (χ4v) is 1.93. The molecule has 1 atom stereocenters. The van der Waals surface area contributed by atoms with E-state index in [2.05, 4.69) is 15.5 Å². The molecule has 0 saturated carbocycles. The number of carbonyl (C=O) groups excluding carboxylic acids is 1. The van der Waals surface area contributed by atoms with Gasteiger partial charge in [0.05, 0.1) is 29.0 Å². The lowest BCUT2D eigenvalue weighted by atomic mass is 10.2. The first-order valence-corrected chi connectivity index (χ1v) is 5.99. The third-order valence-corrected chi connectivity index (χ3v) is 3.04. The highest BCUT2D eigenvalue weighted by Crippen LogP contribution is 2.27. The second kappa shape index (κ2) is 6.01. The summed E-state index contributed by atoms with van der Waals surface area (Å²) in [6.45, 7) is 0.183. The molecule has 6 nitrogen and oxygen atoms in total. The molecule has 1 unspecified atom stereocenters. The number of H-pyrrole nitrogens is 1. The number of anilines is 1. The van der Waals surface area contributed by atoms with Crippen molar-refractivity contribution >= 4 is 34.1 Å². The van der Waals surface area contributed by atoms with E-state index < -0.39 is 6.10 Å². The van der Waals surface area contributed by atoms with Crippen LogP contribution >= 0.6 is 11.6 Å². The highest BCUT2D eigenvalue weighted by Gasteiger charge is 2.19. The quantitative estimate of drug-likeness (QED) is 0.877. The van der Waals surface area contributed by atoms with E-state index in [1.165, 1.54) is 14.2 Å². The van der Waals surface area contributed by atoms with Gasteiger partial charge in [0.1, 0.15) is 0 Å². The van der Waals surface area contributed by atoms with Gasteiger partial charge in [0.2, 0.25) is 0 Å². The predicted molar refractivity (Wildman–Crippen MR) is 72.4 cm³/mol. The van der Waals surface area contributed by atoms with Gasteiger partial charge in [-0.1, -0.05) is 11.6 Å². The van der Waals surface area contributed by atoms with Gasteiger partial charge in [-0.3, -0.25) is 9.89 Å². The normalized spacial score (nSPS) is 12.6. The SMILES string of the molecule is COCC(OC)C(=O)Nc1ccc(Cl)c2cn[nH]c12. The molecule has 0 aliphatic rings. The highest BCUT2D eigenvalue weighted by molar-refractivity contribution is 6.35. The van der Waals surface area contributed by atoms with Crippen molar-refractivity contribution in [1.82, 2.24) is 10.2 Å². The standard InChI is InChI=1S/C12H14ClN3O3/c1-18-6-10(19-2)12(17)15-9-4-3-8(13)7-5-14-16-11(7)9/h3-5,10H,6H2,1-2H3,(H,14,16)(H,15,17). The number of methoxy groups -OCH3 is 2. The van der Waals surface area contributed by atoms with Crippen LogP contribution in [0.3, 0.4) is 0 Å². The van der Waals surface area contributed by atoms with Crippen molar-refractivity contribution in [2.75, 3.05) is 26.1 Å². The van der Waals surface area contributed by atoms with Crippen LogP contribution in [-0.4, -0.2) is 43.0 Å². The summed E-state index contributed by atoms with van der Waals surface area (Å²) in [4.78, 5) is 12.0. The van der Waals surface area contributed by atoms with E-state index in [0.717, 1.165) is 5.39 Å². The molecule has 0 radical (unpaired) electrons. The number of nitrogens with zero attached hydrogens (tertiary/aromatic N) is 1. The summed E-state index contributed by atoms with van der Waals surface area (Å²) >= 11 is 6.03. The number of benzene rings is 1. The molecule has 2 rings (SSSR count). The minimum atomic E-state index is -0.668. The van der Waals surface area contributed by atoms with Gasteiger partial charge in [-0.2, -0.15) is 5.10 Å². The van der Waals surface area contributed by atoms with E-state index >= 15 is 0 Å². The Bertz CT molecular complexity index is 585. The van der Waals surface area contributed by atoms with E-state index in [4.69, 9.17) is 21.1 Å². The lowest BCUT2D eigenvalue weighted by Crippen LogP contribution is -2.33. The zero-order valence-electron chi connectivity index (χ0n) is 10.6. The van der Waals surface area contributed by atoms with Crippen molar-refractivity contribution in [3.05, 3.63) is 23.4 Å². The Kier molecular flexibility index (Phi) is 4.36. The molecule has 2 N–H and O–H groups in total. The Hall–Kier alpha value is -1.63. The number of carbonyl (C=O) groups is 1. The van der Waals surface area contributed by atoms with Gasteiger partial charge in [0, 0.05) is 19.6 Å². The first-order chi connectivity index (χ1) is 9.17. The number of nitrogens with one attached hydrogen (secondary N) is 2. The maximum absolute atomic E-state index is 12.0. The van der Waals surface area contributed by atoms with Crippen LogP contribution in [0, 0.1) is 0 Å². The van der Waals surface area contributed by atoms with Crippen LogP contribution in [0.5, 0.6) is 0 Å². The number of hydrogen-bond donors (Lipinski definition) is 2. The molecule has 7 heteroatoms. The van der Waals surface area contributed by atoms with Gasteiger partial charge in [-0.05, 0) is 12.1 Å². The number of amides is 1. The third-order valence-electron chi connectivity index (χ3n) is 2.72. The summed E-state index contributed by atoms with van der Waals surface area (Å²) in [6, 6.07) is 3.41. The van der Waals surface area contributed by atoms with Crippen molar-refractivity contribution in [3.63, 3.8) is 0 Å². The van der Waals surface area contributed by atoms with Crippen LogP contribution in [0.25, 0.3) is 10.9 Å². The molecule has 1 heterocycles. The van der Waals surface area contributed by atoms with Crippen molar-refractivity contribution in [2.24, 2.45) is 0 Å². The minimum Gasteiger partial charge on any atom is -0.381 e. The molecule has 0 aliphatic carbocycles. The fraction of sp³-hybridized carbons (Fsp3) is 0.333. The van der Waals surface area contributed by atoms with Gasteiger partial charge >= 0.3 is 0 Å². The Morgan fingerprint density at radius 2 is 2.32 bits per heavy atom. The second-order valence-electron chi connectivity index (χ2n) is 3.92. The van der Waals surface area contributed by atoms with Crippen LogP contribution in [0.1, 0.15) is 0 Å². The van der Waals surface area contributed by atoms with Crippen LogP contribution in [-0.2, 0) is 14.3 Å². The van der Waals surface area contributed by atoms with E-state index in [1.807, 2.05) is 0 Å². The number of hydrogen-bond acceptors (Lipinski definition) is 4. The molecule has 0 aliphatic heterocycles. The van der Waals surface area contributed by atoms with Crippen LogP contribution in [0.4, 0.5) is 5.69 Å². The Labute approximate surface area is 115 Å². The maximum atomic E-state index is 12.0. The number of aromatic amines is 1. The minimum absolute atomic E-state index is 0.183. The number of halogens is 1. The Balaban J connectivity index is 2.24. The summed E-state index contributed by atoms with van der Waals surface area (Å²) < 4.78 is 9.97. The van der Waals surface area contributed by atoms with E-state index in [1.54, 1.807) is 18.3 Å². The molecule has 1 aromatic carbocycles. The van der Waals surface area contributed by atoms with Crippen molar-refractivity contribution in [3.8, 4) is 0 Å². The number of aromatic nitrogens is 2. The number of ether oxygens (including phenoxy) is 2. The highest BCUT2D eigenvalue weighted by atomic mass is 35.5. The van der Waals surface area contributed by atoms with E-state index in [0.29, 0.717) is 16.2 Å². The van der Waals surface area contributed by atoms with Crippen molar-refractivity contribution < 1.29 is 14.3 Å². The molecule has 1 amide bonds. The largest absolute Gasteiger partial charge is 0.381 e. The zero-order valence-corrected chi connectivity index (χ0v) is 11.3.